The van der Waals surface area contributed by atoms with Crippen LogP contribution in [0.4, 0.5) is 4.79 Å². The average molecular weight is 428 g/mol. The largest absolute Gasteiger partial charge is 0.378 e. The van der Waals surface area contributed by atoms with Gasteiger partial charge in [0, 0.05) is 13.1 Å². The minimum Gasteiger partial charge on any atom is -0.378 e. The third-order valence-electron chi connectivity index (χ3n) is 6.24. The van der Waals surface area contributed by atoms with Gasteiger partial charge in [-0.25, -0.2) is 4.79 Å². The smallest absolute Gasteiger partial charge is 0.318 e. The second-order valence-electron chi connectivity index (χ2n) is 8.27. The molecule has 0 aromatic heterocycles. The van der Waals surface area contributed by atoms with Crippen LogP contribution in [0.2, 0.25) is 0 Å². The summed E-state index contributed by atoms with van der Waals surface area (Å²) in [5.41, 5.74) is -0.836. The Morgan fingerprint density at radius 1 is 1.17 bits per heavy atom. The fraction of sp³-hybridized carbons (Fsp3) is 0.850. The lowest BCUT2D eigenvalue weighted by atomic mass is 9.84. The second kappa shape index (κ2) is 11.6. The van der Waals surface area contributed by atoms with Crippen LogP contribution in [0.5, 0.6) is 0 Å². The Morgan fingerprint density at radius 2 is 1.83 bits per heavy atom. The number of ether oxygens (including phenoxy) is 1. The van der Waals surface area contributed by atoms with E-state index in [-0.39, 0.29) is 24.3 Å². The Morgan fingerprint density at radius 3 is 2.45 bits per heavy atom. The molecular weight excluding hydrogens is 394 g/mol. The van der Waals surface area contributed by atoms with Gasteiger partial charge in [-0.05, 0) is 38.3 Å². The molecule has 0 radical (unpaired) electrons. The first kappa shape index (κ1) is 23.7. The lowest BCUT2D eigenvalue weighted by Crippen LogP contribution is -2.60. The molecule has 1 unspecified atom stereocenters. The van der Waals surface area contributed by atoms with Gasteiger partial charge < -0.3 is 25.6 Å². The molecule has 0 aromatic carbocycles. The summed E-state index contributed by atoms with van der Waals surface area (Å²) in [6.07, 6.45) is 7.63. The maximum absolute atomic E-state index is 13.1. The van der Waals surface area contributed by atoms with E-state index in [2.05, 4.69) is 22.0 Å². The summed E-state index contributed by atoms with van der Waals surface area (Å²) < 4.78 is 5.31. The molecule has 0 spiro atoms. The van der Waals surface area contributed by atoms with Gasteiger partial charge in [0.1, 0.15) is 11.6 Å². The molecule has 9 heteroatoms. The Balaban J connectivity index is 0.00000300. The van der Waals surface area contributed by atoms with Gasteiger partial charge >= 0.3 is 6.03 Å². The SMILES string of the molecule is Cl.N#CC1(NC(=O)C(CC2CCCCC2)NC(=O)N2CCOCC2)CCNCC1. The fourth-order valence-electron chi connectivity index (χ4n) is 4.44. The molecule has 29 heavy (non-hydrogen) atoms. The highest BCUT2D eigenvalue weighted by Gasteiger charge is 2.37. The van der Waals surface area contributed by atoms with Crippen molar-refractivity contribution in [2.75, 3.05) is 39.4 Å². The number of nitriles is 1. The van der Waals surface area contributed by atoms with Gasteiger partial charge in [-0.15, -0.1) is 12.4 Å². The summed E-state index contributed by atoms with van der Waals surface area (Å²) in [4.78, 5) is 27.5. The van der Waals surface area contributed by atoms with Crippen LogP contribution in [0.15, 0.2) is 0 Å². The van der Waals surface area contributed by atoms with Crippen molar-refractivity contribution >= 4 is 24.3 Å². The van der Waals surface area contributed by atoms with Crippen LogP contribution in [-0.4, -0.2) is 67.8 Å². The number of morpholine rings is 1. The number of amides is 3. The number of halogens is 1. The highest BCUT2D eigenvalue weighted by atomic mass is 35.5. The molecule has 2 heterocycles. The minimum absolute atomic E-state index is 0. The highest BCUT2D eigenvalue weighted by Crippen LogP contribution is 2.28. The third kappa shape index (κ3) is 6.73. The van der Waals surface area contributed by atoms with Crippen LogP contribution < -0.4 is 16.0 Å². The quantitative estimate of drug-likeness (QED) is 0.617. The van der Waals surface area contributed by atoms with E-state index in [4.69, 9.17) is 4.74 Å². The van der Waals surface area contributed by atoms with E-state index in [1.165, 1.54) is 19.3 Å². The predicted molar refractivity (Wildman–Crippen MR) is 112 cm³/mol. The first-order valence-corrected chi connectivity index (χ1v) is 10.7. The number of nitrogens with zero attached hydrogens (tertiary/aromatic N) is 2. The van der Waals surface area contributed by atoms with Gasteiger partial charge in [-0.2, -0.15) is 5.26 Å². The Bertz CT molecular complexity index is 579. The summed E-state index contributed by atoms with van der Waals surface area (Å²) in [6, 6.07) is 1.50. The zero-order valence-electron chi connectivity index (χ0n) is 17.1. The molecule has 0 aromatic rings. The van der Waals surface area contributed by atoms with Crippen molar-refractivity contribution in [3.8, 4) is 6.07 Å². The van der Waals surface area contributed by atoms with E-state index in [0.29, 0.717) is 64.6 Å². The van der Waals surface area contributed by atoms with Crippen LogP contribution in [0.1, 0.15) is 51.4 Å². The summed E-state index contributed by atoms with van der Waals surface area (Å²) >= 11 is 0. The Labute approximate surface area is 179 Å². The molecule has 0 bridgehead atoms. The maximum Gasteiger partial charge on any atom is 0.318 e. The normalized spacial score (nSPS) is 23.2. The van der Waals surface area contributed by atoms with Gasteiger partial charge in [0.15, 0.2) is 0 Å². The molecule has 2 saturated heterocycles. The fourth-order valence-corrected chi connectivity index (χ4v) is 4.44. The predicted octanol–water partition coefficient (Wildman–Crippen LogP) is 1.55. The summed E-state index contributed by atoms with van der Waals surface area (Å²) in [6.45, 7) is 3.55. The first-order valence-electron chi connectivity index (χ1n) is 10.7. The van der Waals surface area contributed by atoms with E-state index in [9.17, 15) is 14.9 Å². The summed E-state index contributed by atoms with van der Waals surface area (Å²) in [7, 11) is 0. The zero-order chi connectivity index (χ0) is 19.8. The van der Waals surface area contributed by atoms with Crippen molar-refractivity contribution in [1.29, 1.82) is 5.26 Å². The third-order valence-corrected chi connectivity index (χ3v) is 6.24. The van der Waals surface area contributed by atoms with Crippen molar-refractivity contribution in [2.45, 2.75) is 62.9 Å². The van der Waals surface area contributed by atoms with Gasteiger partial charge in [0.25, 0.3) is 0 Å². The van der Waals surface area contributed by atoms with Crippen LogP contribution in [0.25, 0.3) is 0 Å². The molecule has 1 saturated carbocycles. The molecule has 1 aliphatic carbocycles. The number of urea groups is 1. The van der Waals surface area contributed by atoms with Gasteiger partial charge in [-0.1, -0.05) is 32.1 Å². The molecule has 8 nitrogen and oxygen atoms in total. The maximum atomic E-state index is 13.1. The van der Waals surface area contributed by atoms with E-state index in [0.717, 1.165) is 12.8 Å². The van der Waals surface area contributed by atoms with Crippen LogP contribution in [0.3, 0.4) is 0 Å². The van der Waals surface area contributed by atoms with Crippen molar-refractivity contribution in [1.82, 2.24) is 20.9 Å². The number of carbonyl (C=O) groups is 2. The summed E-state index contributed by atoms with van der Waals surface area (Å²) in [5.74, 6) is 0.219. The van der Waals surface area contributed by atoms with Crippen molar-refractivity contribution in [3.05, 3.63) is 0 Å². The van der Waals surface area contributed by atoms with E-state index >= 15 is 0 Å². The minimum atomic E-state index is -0.836. The standard InChI is InChI=1S/C20H33N5O3.ClH/c21-15-20(6-8-22-9-7-20)24-18(26)17(14-16-4-2-1-3-5-16)23-19(27)25-10-12-28-13-11-25;/h16-17,22H,1-14H2,(H,23,27)(H,24,26);1H. The van der Waals surface area contributed by atoms with Crippen molar-refractivity contribution < 1.29 is 14.3 Å². The lowest BCUT2D eigenvalue weighted by molar-refractivity contribution is -0.125. The molecule has 3 aliphatic rings. The second-order valence-corrected chi connectivity index (χ2v) is 8.27. The van der Waals surface area contributed by atoms with Crippen LogP contribution in [-0.2, 0) is 9.53 Å². The Kier molecular flexibility index (Phi) is 9.47. The molecule has 3 rings (SSSR count). The zero-order valence-corrected chi connectivity index (χ0v) is 17.9. The molecule has 1 atom stereocenters. The molecule has 3 fully saturated rings. The monoisotopic (exact) mass is 427 g/mol. The van der Waals surface area contributed by atoms with Crippen LogP contribution >= 0.6 is 12.4 Å². The van der Waals surface area contributed by atoms with E-state index in [1.807, 2.05) is 0 Å². The Hall–Kier alpha value is -1.56. The average Bonchev–Trinajstić information content (AvgIpc) is 2.75. The molecule has 2 aliphatic heterocycles. The number of nitrogens with one attached hydrogen (secondary N) is 3. The van der Waals surface area contributed by atoms with Crippen molar-refractivity contribution in [2.24, 2.45) is 5.92 Å². The number of carbonyl (C=O) groups excluding carboxylic acids is 2. The molecule has 164 valence electrons. The molecule has 3 amide bonds. The number of piperidine rings is 1. The van der Waals surface area contributed by atoms with Crippen molar-refractivity contribution in [3.63, 3.8) is 0 Å². The molecular formula is C20H34ClN5O3. The molecule has 3 N–H and O–H groups in total. The number of hydrogen-bond acceptors (Lipinski definition) is 5. The van der Waals surface area contributed by atoms with Crippen LogP contribution in [0, 0.1) is 17.2 Å². The lowest BCUT2D eigenvalue weighted by Gasteiger charge is -2.35. The number of hydrogen-bond donors (Lipinski definition) is 3. The van der Waals surface area contributed by atoms with Gasteiger partial charge in [0.2, 0.25) is 5.91 Å². The number of rotatable bonds is 5. The van der Waals surface area contributed by atoms with Gasteiger partial charge in [0.05, 0.1) is 19.3 Å². The van der Waals surface area contributed by atoms with E-state index < -0.39 is 11.6 Å². The summed E-state index contributed by atoms with van der Waals surface area (Å²) in [5, 5.41) is 18.8. The first-order chi connectivity index (χ1) is 13.6. The van der Waals surface area contributed by atoms with Gasteiger partial charge in [-0.3, -0.25) is 4.79 Å². The topological polar surface area (TPSA) is 106 Å². The highest BCUT2D eigenvalue weighted by molar-refractivity contribution is 5.87. The van der Waals surface area contributed by atoms with E-state index in [1.54, 1.807) is 4.90 Å².